The summed E-state index contributed by atoms with van der Waals surface area (Å²) in [5.41, 5.74) is 2.44. The second kappa shape index (κ2) is 6.10. The zero-order valence-corrected chi connectivity index (χ0v) is 15.1. The first-order chi connectivity index (χ1) is 10.9. The molecule has 3 rings (SSSR count). The molecule has 1 aromatic heterocycles. The van der Waals surface area contributed by atoms with E-state index in [2.05, 4.69) is 5.32 Å². The van der Waals surface area contributed by atoms with Crippen LogP contribution in [0.2, 0.25) is 0 Å². The number of nitrogens with one attached hydrogen (secondary N) is 1. The monoisotopic (exact) mass is 368 g/mol. The van der Waals surface area contributed by atoms with Crippen molar-refractivity contribution in [3.05, 3.63) is 41.3 Å². The Kier molecular flexibility index (Phi) is 4.31. The van der Waals surface area contributed by atoms with Crippen molar-refractivity contribution in [1.82, 2.24) is 0 Å². The van der Waals surface area contributed by atoms with Gasteiger partial charge in [-0.3, -0.25) is 4.31 Å². The van der Waals surface area contributed by atoms with Crippen LogP contribution in [0.5, 0.6) is 0 Å². The molecule has 1 N–H and O–H groups in total. The predicted octanol–water partition coefficient (Wildman–Crippen LogP) is 3.40. The minimum atomic E-state index is -3.54. The summed E-state index contributed by atoms with van der Waals surface area (Å²) in [6.07, 6.45) is 0. The summed E-state index contributed by atoms with van der Waals surface area (Å²) >= 11 is 6.29. The SMILES string of the molecule is CC1COC(=S)Nc2ccc(N(C)S(=O)(=O)c3cccs3)cc21. The number of hydrogen-bond donors (Lipinski definition) is 1. The molecule has 0 aliphatic carbocycles. The molecule has 0 fully saturated rings. The van der Waals surface area contributed by atoms with Gasteiger partial charge >= 0.3 is 0 Å². The average Bonchev–Trinajstić information content (AvgIpc) is 3.03. The minimum Gasteiger partial charge on any atom is -0.470 e. The van der Waals surface area contributed by atoms with Gasteiger partial charge in [0.05, 0.1) is 12.3 Å². The first-order valence-electron chi connectivity index (χ1n) is 7.00. The summed E-state index contributed by atoms with van der Waals surface area (Å²) < 4.78 is 32.3. The molecule has 0 bridgehead atoms. The van der Waals surface area contributed by atoms with Crippen molar-refractivity contribution in [2.75, 3.05) is 23.3 Å². The van der Waals surface area contributed by atoms with Gasteiger partial charge in [-0.2, -0.15) is 0 Å². The molecule has 1 aliphatic rings. The van der Waals surface area contributed by atoms with E-state index in [0.717, 1.165) is 11.3 Å². The van der Waals surface area contributed by atoms with Crippen LogP contribution in [0.25, 0.3) is 0 Å². The van der Waals surface area contributed by atoms with Gasteiger partial charge in [-0.1, -0.05) is 13.0 Å². The van der Waals surface area contributed by atoms with E-state index in [0.29, 0.717) is 21.7 Å². The van der Waals surface area contributed by atoms with E-state index >= 15 is 0 Å². The molecule has 1 aliphatic heterocycles. The molecule has 5 nitrogen and oxygen atoms in total. The molecule has 0 amide bonds. The second-order valence-corrected chi connectivity index (χ2v) is 8.82. The number of hydrogen-bond acceptors (Lipinski definition) is 5. The van der Waals surface area contributed by atoms with E-state index in [1.54, 1.807) is 30.6 Å². The van der Waals surface area contributed by atoms with Crippen LogP contribution in [0.3, 0.4) is 0 Å². The number of ether oxygens (including phenoxy) is 1. The van der Waals surface area contributed by atoms with Crippen LogP contribution >= 0.6 is 23.6 Å². The first kappa shape index (κ1) is 16.2. The number of fused-ring (bicyclic) bond motifs is 1. The normalized spacial score (nSPS) is 17.7. The maximum absolute atomic E-state index is 12.6. The van der Waals surface area contributed by atoms with Gasteiger partial charge in [0, 0.05) is 18.7 Å². The quantitative estimate of drug-likeness (QED) is 0.842. The van der Waals surface area contributed by atoms with Gasteiger partial charge in [0.2, 0.25) is 0 Å². The molecular weight excluding hydrogens is 352 g/mol. The van der Waals surface area contributed by atoms with Gasteiger partial charge in [0.25, 0.3) is 15.2 Å². The van der Waals surface area contributed by atoms with E-state index in [4.69, 9.17) is 17.0 Å². The van der Waals surface area contributed by atoms with Crippen molar-refractivity contribution in [3.8, 4) is 0 Å². The number of sulfonamides is 1. The lowest BCUT2D eigenvalue weighted by Crippen LogP contribution is -2.26. The fourth-order valence-corrected chi connectivity index (χ4v) is 4.91. The largest absolute Gasteiger partial charge is 0.470 e. The number of nitrogens with zero attached hydrogens (tertiary/aromatic N) is 1. The molecule has 8 heteroatoms. The van der Waals surface area contributed by atoms with Crippen LogP contribution in [0.15, 0.2) is 39.9 Å². The second-order valence-electron chi connectivity index (χ2n) is 5.30. The highest BCUT2D eigenvalue weighted by Gasteiger charge is 2.24. The Hall–Kier alpha value is -1.64. The highest BCUT2D eigenvalue weighted by molar-refractivity contribution is 7.94. The Labute approximate surface area is 144 Å². The molecule has 0 saturated heterocycles. The Morgan fingerprint density at radius 2 is 2.17 bits per heavy atom. The molecule has 2 aromatic rings. The van der Waals surface area contributed by atoms with Crippen molar-refractivity contribution < 1.29 is 13.2 Å². The van der Waals surface area contributed by atoms with Crippen LogP contribution in [0.4, 0.5) is 11.4 Å². The van der Waals surface area contributed by atoms with Gasteiger partial charge in [-0.15, -0.1) is 11.3 Å². The topological polar surface area (TPSA) is 58.6 Å². The molecule has 0 spiro atoms. The summed E-state index contributed by atoms with van der Waals surface area (Å²) in [4.78, 5) is 0. The zero-order chi connectivity index (χ0) is 16.6. The van der Waals surface area contributed by atoms with Gasteiger partial charge < -0.3 is 10.1 Å². The van der Waals surface area contributed by atoms with Crippen molar-refractivity contribution in [3.63, 3.8) is 0 Å². The Balaban J connectivity index is 2.00. The van der Waals surface area contributed by atoms with Gasteiger partial charge in [0.15, 0.2) is 0 Å². The lowest BCUT2D eigenvalue weighted by Gasteiger charge is -2.21. The zero-order valence-electron chi connectivity index (χ0n) is 12.6. The molecule has 1 aromatic carbocycles. The van der Waals surface area contributed by atoms with E-state index in [1.165, 1.54) is 15.6 Å². The third-order valence-electron chi connectivity index (χ3n) is 3.74. The van der Waals surface area contributed by atoms with Gasteiger partial charge in [-0.05, 0) is 47.4 Å². The molecule has 1 atom stereocenters. The lowest BCUT2D eigenvalue weighted by atomic mass is 9.99. The summed E-state index contributed by atoms with van der Waals surface area (Å²) in [5.74, 6) is 0.107. The van der Waals surface area contributed by atoms with Crippen LogP contribution in [-0.4, -0.2) is 27.2 Å². The number of rotatable bonds is 3. The number of thiocarbonyl (C=S) groups is 1. The fraction of sp³-hybridized carbons (Fsp3) is 0.267. The Morgan fingerprint density at radius 3 is 2.87 bits per heavy atom. The lowest BCUT2D eigenvalue weighted by molar-refractivity contribution is 0.294. The number of thiophene rings is 1. The maximum Gasteiger partial charge on any atom is 0.273 e. The van der Waals surface area contributed by atoms with Crippen molar-refractivity contribution >= 4 is 50.1 Å². The average molecular weight is 369 g/mol. The third-order valence-corrected chi connectivity index (χ3v) is 7.12. The standard InChI is InChI=1S/C15H16N2O3S3/c1-10-9-20-15(21)16-13-6-5-11(8-12(10)13)17(2)23(18,19)14-4-3-7-22-14/h3-8,10H,9H2,1-2H3,(H,16,21). The van der Waals surface area contributed by atoms with Gasteiger partial charge in [-0.25, -0.2) is 8.42 Å². The fourth-order valence-electron chi connectivity index (χ4n) is 2.39. The van der Waals surface area contributed by atoms with Crippen LogP contribution < -0.4 is 9.62 Å². The highest BCUT2D eigenvalue weighted by atomic mass is 32.2. The van der Waals surface area contributed by atoms with Crippen molar-refractivity contribution in [2.45, 2.75) is 17.1 Å². The maximum atomic E-state index is 12.6. The number of anilines is 2. The minimum absolute atomic E-state index is 0.107. The van der Waals surface area contributed by atoms with Crippen molar-refractivity contribution in [1.29, 1.82) is 0 Å². The van der Waals surface area contributed by atoms with Crippen LogP contribution in [-0.2, 0) is 14.8 Å². The third kappa shape index (κ3) is 3.06. The number of benzene rings is 1. The molecular formula is C15H16N2O3S3. The molecule has 2 heterocycles. The van der Waals surface area contributed by atoms with Gasteiger partial charge in [0.1, 0.15) is 4.21 Å². The summed E-state index contributed by atoms with van der Waals surface area (Å²) in [7, 11) is -1.98. The van der Waals surface area contributed by atoms with E-state index in [1.807, 2.05) is 19.1 Å². The van der Waals surface area contributed by atoms with E-state index < -0.39 is 10.0 Å². The molecule has 0 saturated carbocycles. The molecule has 122 valence electrons. The summed E-state index contributed by atoms with van der Waals surface area (Å²) in [6.45, 7) is 2.48. The highest BCUT2D eigenvalue weighted by Crippen LogP contribution is 2.33. The van der Waals surface area contributed by atoms with Crippen molar-refractivity contribution in [2.24, 2.45) is 0 Å². The van der Waals surface area contributed by atoms with E-state index in [-0.39, 0.29) is 5.92 Å². The molecule has 1 unspecified atom stereocenters. The Bertz CT molecular complexity index is 832. The van der Waals surface area contributed by atoms with Crippen LogP contribution in [0, 0.1) is 0 Å². The van der Waals surface area contributed by atoms with Crippen LogP contribution in [0.1, 0.15) is 18.4 Å². The smallest absolute Gasteiger partial charge is 0.273 e. The molecule has 23 heavy (non-hydrogen) atoms. The first-order valence-corrected chi connectivity index (χ1v) is 9.72. The Morgan fingerprint density at radius 1 is 1.39 bits per heavy atom. The summed E-state index contributed by atoms with van der Waals surface area (Å²) in [6, 6.07) is 8.80. The predicted molar refractivity (Wildman–Crippen MR) is 96.9 cm³/mol. The van der Waals surface area contributed by atoms with E-state index in [9.17, 15) is 8.42 Å². The molecule has 0 radical (unpaired) electrons. The summed E-state index contributed by atoms with van der Waals surface area (Å²) in [5, 5.41) is 5.12.